The van der Waals surface area contributed by atoms with Gasteiger partial charge >= 0.3 is 0 Å². The molecule has 1 nitrogen and oxygen atoms in total. The maximum absolute atomic E-state index is 13.4. The number of hydrogen-bond donors (Lipinski definition) is 0. The van der Waals surface area contributed by atoms with Gasteiger partial charge in [0, 0.05) is 13.0 Å². The molecule has 0 aliphatic carbocycles. The van der Waals surface area contributed by atoms with Crippen molar-refractivity contribution in [3.05, 3.63) is 35.1 Å². The van der Waals surface area contributed by atoms with Crippen molar-refractivity contribution >= 4 is 0 Å². The maximum Gasteiger partial charge on any atom is 0.126 e. The number of benzene rings is 1. The molecule has 1 heterocycles. The van der Waals surface area contributed by atoms with Gasteiger partial charge in [0.05, 0.1) is 6.10 Å². The molecule has 0 aromatic heterocycles. The molecule has 0 N–H and O–H groups in total. The normalized spacial score (nSPS) is 21.4. The minimum atomic E-state index is -0.0968. The summed E-state index contributed by atoms with van der Waals surface area (Å²) in [6.07, 6.45) is 3.12. The van der Waals surface area contributed by atoms with Crippen LogP contribution in [0.5, 0.6) is 0 Å². The van der Waals surface area contributed by atoms with Crippen molar-refractivity contribution < 1.29 is 9.13 Å². The van der Waals surface area contributed by atoms with Gasteiger partial charge in [0.2, 0.25) is 0 Å². The average Bonchev–Trinajstić information content (AvgIpc) is 2.62. The minimum absolute atomic E-state index is 0.0968. The molecule has 2 heteroatoms. The lowest BCUT2D eigenvalue weighted by Crippen LogP contribution is -2.10. The van der Waals surface area contributed by atoms with E-state index in [2.05, 4.69) is 0 Å². The number of rotatable bonds is 2. The van der Waals surface area contributed by atoms with Crippen LogP contribution in [0, 0.1) is 12.7 Å². The highest BCUT2D eigenvalue weighted by Gasteiger charge is 2.17. The van der Waals surface area contributed by atoms with Crippen molar-refractivity contribution in [2.24, 2.45) is 0 Å². The van der Waals surface area contributed by atoms with Crippen molar-refractivity contribution in [2.45, 2.75) is 32.3 Å². The summed E-state index contributed by atoms with van der Waals surface area (Å²) in [7, 11) is 0. The van der Waals surface area contributed by atoms with Crippen molar-refractivity contribution in [3.63, 3.8) is 0 Å². The van der Waals surface area contributed by atoms with Gasteiger partial charge in [-0.3, -0.25) is 0 Å². The Morgan fingerprint density at radius 1 is 1.50 bits per heavy atom. The fraction of sp³-hybridized carbons (Fsp3) is 0.500. The second-order valence-corrected chi connectivity index (χ2v) is 3.93. The summed E-state index contributed by atoms with van der Waals surface area (Å²) in [5, 5.41) is 0. The van der Waals surface area contributed by atoms with Crippen LogP contribution in [0.3, 0.4) is 0 Å². The Bertz CT molecular complexity index is 316. The third-order valence-electron chi connectivity index (χ3n) is 2.68. The molecular weight excluding hydrogens is 179 g/mol. The average molecular weight is 194 g/mol. The number of aryl methyl sites for hydroxylation is 1. The SMILES string of the molecule is Cc1ccc(CC2CCCO2)c(F)c1. The summed E-state index contributed by atoms with van der Waals surface area (Å²) in [6, 6.07) is 5.41. The molecule has 14 heavy (non-hydrogen) atoms. The third-order valence-corrected chi connectivity index (χ3v) is 2.68. The van der Waals surface area contributed by atoms with Gasteiger partial charge in [-0.15, -0.1) is 0 Å². The van der Waals surface area contributed by atoms with Gasteiger partial charge in [-0.2, -0.15) is 0 Å². The fourth-order valence-electron chi connectivity index (χ4n) is 1.87. The first kappa shape index (κ1) is 9.66. The highest BCUT2D eigenvalue weighted by Crippen LogP contribution is 2.19. The molecule has 1 aromatic carbocycles. The summed E-state index contributed by atoms with van der Waals surface area (Å²) in [5.41, 5.74) is 1.75. The molecule has 0 spiro atoms. The predicted molar refractivity (Wildman–Crippen MR) is 53.8 cm³/mol. The molecule has 1 aliphatic rings. The van der Waals surface area contributed by atoms with E-state index in [1.807, 2.05) is 19.1 Å². The monoisotopic (exact) mass is 194 g/mol. The Hall–Kier alpha value is -0.890. The molecular formula is C12H15FO. The second kappa shape index (κ2) is 4.09. The van der Waals surface area contributed by atoms with Crippen LogP contribution in [-0.2, 0) is 11.2 Å². The van der Waals surface area contributed by atoms with E-state index in [0.29, 0.717) is 6.42 Å². The Balaban J connectivity index is 2.08. The van der Waals surface area contributed by atoms with Crippen molar-refractivity contribution in [3.8, 4) is 0 Å². The summed E-state index contributed by atoms with van der Waals surface area (Å²) in [6.45, 7) is 2.73. The lowest BCUT2D eigenvalue weighted by atomic mass is 10.0. The van der Waals surface area contributed by atoms with Gasteiger partial charge in [-0.1, -0.05) is 12.1 Å². The van der Waals surface area contributed by atoms with Gasteiger partial charge < -0.3 is 4.74 Å². The minimum Gasteiger partial charge on any atom is -0.378 e. The first-order valence-corrected chi connectivity index (χ1v) is 5.12. The molecule has 1 fully saturated rings. The van der Waals surface area contributed by atoms with Gasteiger partial charge in [0.1, 0.15) is 5.82 Å². The van der Waals surface area contributed by atoms with Crippen molar-refractivity contribution in [1.29, 1.82) is 0 Å². The van der Waals surface area contributed by atoms with Crippen LogP contribution in [0.4, 0.5) is 4.39 Å². The van der Waals surface area contributed by atoms with Gasteiger partial charge in [-0.05, 0) is 37.0 Å². The number of hydrogen-bond acceptors (Lipinski definition) is 1. The third kappa shape index (κ3) is 2.13. The Morgan fingerprint density at radius 3 is 3.00 bits per heavy atom. The van der Waals surface area contributed by atoms with Crippen molar-refractivity contribution in [1.82, 2.24) is 0 Å². The molecule has 0 radical (unpaired) electrons. The largest absolute Gasteiger partial charge is 0.378 e. The molecule has 1 saturated heterocycles. The lowest BCUT2D eigenvalue weighted by Gasteiger charge is -2.10. The second-order valence-electron chi connectivity index (χ2n) is 3.93. The van der Waals surface area contributed by atoms with Crippen LogP contribution in [0.15, 0.2) is 18.2 Å². The van der Waals surface area contributed by atoms with Crippen molar-refractivity contribution in [2.75, 3.05) is 6.61 Å². The Morgan fingerprint density at radius 2 is 2.36 bits per heavy atom. The predicted octanol–water partition coefficient (Wildman–Crippen LogP) is 2.86. The molecule has 0 bridgehead atoms. The van der Waals surface area contributed by atoms with Crippen LogP contribution in [-0.4, -0.2) is 12.7 Å². The summed E-state index contributed by atoms with van der Waals surface area (Å²) < 4.78 is 18.9. The summed E-state index contributed by atoms with van der Waals surface area (Å²) in [5.74, 6) is -0.0968. The van der Waals surface area contributed by atoms with E-state index >= 15 is 0 Å². The molecule has 2 rings (SSSR count). The zero-order chi connectivity index (χ0) is 9.97. The highest BCUT2D eigenvalue weighted by atomic mass is 19.1. The van der Waals surface area contributed by atoms with E-state index < -0.39 is 0 Å². The van der Waals surface area contributed by atoms with E-state index in [4.69, 9.17) is 4.74 Å². The first-order valence-electron chi connectivity index (χ1n) is 5.12. The lowest BCUT2D eigenvalue weighted by molar-refractivity contribution is 0.110. The van der Waals surface area contributed by atoms with E-state index in [1.54, 1.807) is 6.07 Å². The maximum atomic E-state index is 13.4. The van der Waals surface area contributed by atoms with Crippen LogP contribution >= 0.6 is 0 Å². The molecule has 0 amide bonds. The summed E-state index contributed by atoms with van der Waals surface area (Å²) >= 11 is 0. The molecule has 76 valence electrons. The quantitative estimate of drug-likeness (QED) is 0.703. The van der Waals surface area contributed by atoms with Gasteiger partial charge in [0.15, 0.2) is 0 Å². The fourth-order valence-corrected chi connectivity index (χ4v) is 1.87. The zero-order valence-corrected chi connectivity index (χ0v) is 8.42. The molecule has 1 atom stereocenters. The topological polar surface area (TPSA) is 9.23 Å². The first-order chi connectivity index (χ1) is 6.75. The van der Waals surface area contributed by atoms with Crippen LogP contribution in [0.1, 0.15) is 24.0 Å². The number of halogens is 1. The van der Waals surface area contributed by atoms with Gasteiger partial charge in [0.25, 0.3) is 0 Å². The molecule has 0 saturated carbocycles. The van der Waals surface area contributed by atoms with Crippen LogP contribution in [0.2, 0.25) is 0 Å². The Kier molecular flexibility index (Phi) is 2.82. The van der Waals surface area contributed by atoms with E-state index in [0.717, 1.165) is 30.6 Å². The molecule has 1 unspecified atom stereocenters. The molecule has 1 aromatic rings. The van der Waals surface area contributed by atoms with E-state index in [1.165, 1.54) is 0 Å². The Labute approximate surface area is 83.9 Å². The standard InChI is InChI=1S/C12H15FO/c1-9-4-5-10(12(13)7-9)8-11-3-2-6-14-11/h4-5,7,11H,2-3,6,8H2,1H3. The van der Waals surface area contributed by atoms with E-state index in [-0.39, 0.29) is 11.9 Å². The molecule has 1 aliphatic heterocycles. The van der Waals surface area contributed by atoms with Gasteiger partial charge in [-0.25, -0.2) is 4.39 Å². The van der Waals surface area contributed by atoms with Crippen LogP contribution < -0.4 is 0 Å². The highest BCUT2D eigenvalue weighted by molar-refractivity contribution is 5.24. The zero-order valence-electron chi connectivity index (χ0n) is 8.42. The summed E-state index contributed by atoms with van der Waals surface area (Å²) in [4.78, 5) is 0. The van der Waals surface area contributed by atoms with Crippen LogP contribution in [0.25, 0.3) is 0 Å². The smallest absolute Gasteiger partial charge is 0.126 e. The number of ether oxygens (including phenoxy) is 1. The van der Waals surface area contributed by atoms with E-state index in [9.17, 15) is 4.39 Å².